The summed E-state index contributed by atoms with van der Waals surface area (Å²) in [6, 6.07) is 1.74. The number of anilines is 1. The minimum atomic E-state index is -0.121. The predicted molar refractivity (Wildman–Crippen MR) is 98.2 cm³/mol. The second-order valence-corrected chi connectivity index (χ2v) is 6.94. The molecule has 0 fully saturated rings. The fourth-order valence-electron chi connectivity index (χ4n) is 2.80. The van der Waals surface area contributed by atoms with Gasteiger partial charge in [-0.05, 0) is 57.4 Å². The summed E-state index contributed by atoms with van der Waals surface area (Å²) < 4.78 is 0. The van der Waals surface area contributed by atoms with Gasteiger partial charge in [-0.25, -0.2) is 9.97 Å². The predicted octanol–water partition coefficient (Wildman–Crippen LogP) is 3.86. The first-order chi connectivity index (χ1) is 11.5. The molecule has 1 aliphatic rings. The van der Waals surface area contributed by atoms with Crippen molar-refractivity contribution in [1.82, 2.24) is 15.3 Å². The van der Waals surface area contributed by atoms with Crippen LogP contribution in [0.3, 0.4) is 0 Å². The Bertz CT molecular complexity index is 581. The maximum atomic E-state index is 12.3. The van der Waals surface area contributed by atoms with Gasteiger partial charge < -0.3 is 10.6 Å². The van der Waals surface area contributed by atoms with Gasteiger partial charge in [-0.3, -0.25) is 4.79 Å². The van der Waals surface area contributed by atoms with Crippen LogP contribution in [0.2, 0.25) is 0 Å². The number of aryl methyl sites for hydroxylation is 1. The summed E-state index contributed by atoms with van der Waals surface area (Å²) in [5, 5.41) is 6.19. The summed E-state index contributed by atoms with van der Waals surface area (Å²) in [7, 11) is 0. The van der Waals surface area contributed by atoms with Crippen LogP contribution >= 0.6 is 0 Å². The number of allylic oxidation sites excluding steroid dienone is 1. The molecule has 0 saturated heterocycles. The lowest BCUT2D eigenvalue weighted by molar-refractivity contribution is 0.0949. The molecule has 0 unspecified atom stereocenters. The number of hydrogen-bond donors (Lipinski definition) is 2. The Morgan fingerprint density at radius 3 is 2.79 bits per heavy atom. The van der Waals surface area contributed by atoms with Crippen molar-refractivity contribution < 1.29 is 4.79 Å². The number of hydrogen-bond acceptors (Lipinski definition) is 4. The summed E-state index contributed by atoms with van der Waals surface area (Å²) in [4.78, 5) is 21.0. The highest BCUT2D eigenvalue weighted by Crippen LogP contribution is 2.19. The van der Waals surface area contributed by atoms with Crippen LogP contribution in [0.15, 0.2) is 17.7 Å². The molecule has 5 heteroatoms. The number of amides is 1. The molecular weight excluding hydrogens is 300 g/mol. The Labute approximate surface area is 145 Å². The van der Waals surface area contributed by atoms with Crippen molar-refractivity contribution in [1.29, 1.82) is 0 Å². The highest BCUT2D eigenvalue weighted by atomic mass is 16.1. The van der Waals surface area contributed by atoms with E-state index in [1.54, 1.807) is 6.07 Å². The monoisotopic (exact) mass is 330 g/mol. The third-order valence-corrected chi connectivity index (χ3v) is 4.21. The quantitative estimate of drug-likeness (QED) is 0.710. The first-order valence-electron chi connectivity index (χ1n) is 9.10. The van der Waals surface area contributed by atoms with E-state index in [1.165, 1.54) is 31.3 Å². The molecule has 0 aliphatic heterocycles. The number of carbonyl (C=O) groups is 1. The first-order valence-corrected chi connectivity index (χ1v) is 9.10. The lowest BCUT2D eigenvalue weighted by Gasteiger charge is -2.13. The molecule has 0 saturated carbocycles. The van der Waals surface area contributed by atoms with Crippen LogP contribution in [-0.2, 0) is 0 Å². The van der Waals surface area contributed by atoms with Crippen molar-refractivity contribution >= 4 is 11.9 Å². The maximum Gasteiger partial charge on any atom is 0.270 e. The van der Waals surface area contributed by atoms with Crippen LogP contribution in [0.5, 0.6) is 0 Å². The zero-order chi connectivity index (χ0) is 17.4. The molecule has 1 heterocycles. The Morgan fingerprint density at radius 1 is 1.25 bits per heavy atom. The van der Waals surface area contributed by atoms with Crippen molar-refractivity contribution in [2.45, 2.75) is 59.3 Å². The van der Waals surface area contributed by atoms with E-state index in [0.717, 1.165) is 25.1 Å². The third-order valence-electron chi connectivity index (χ3n) is 4.21. The van der Waals surface area contributed by atoms with E-state index in [9.17, 15) is 4.79 Å². The molecule has 0 atom stereocenters. The molecule has 0 radical (unpaired) electrons. The molecule has 2 rings (SSSR count). The number of rotatable bonds is 8. The molecule has 1 aliphatic carbocycles. The summed E-state index contributed by atoms with van der Waals surface area (Å²) in [6.07, 6.45) is 9.23. The lowest BCUT2D eigenvalue weighted by atomic mass is 9.97. The number of carbonyl (C=O) groups excluding carboxylic acids is 1. The van der Waals surface area contributed by atoms with Crippen LogP contribution in [0, 0.1) is 12.8 Å². The maximum absolute atomic E-state index is 12.3. The van der Waals surface area contributed by atoms with Gasteiger partial charge in [-0.15, -0.1) is 0 Å². The Balaban J connectivity index is 1.86. The summed E-state index contributed by atoms with van der Waals surface area (Å²) in [5.74, 6) is 1.04. The molecule has 1 amide bonds. The van der Waals surface area contributed by atoms with Crippen LogP contribution in [-0.4, -0.2) is 29.0 Å². The van der Waals surface area contributed by atoms with E-state index >= 15 is 0 Å². The standard InChI is InChI=1S/C19H30N4O/c1-14(2)9-11-21-19-22-15(3)13-17(23-19)18(24)20-12-10-16-7-5-4-6-8-16/h7,13-14H,4-6,8-12H2,1-3H3,(H,20,24)(H,21,22,23). The lowest BCUT2D eigenvalue weighted by Crippen LogP contribution is -2.26. The molecule has 2 N–H and O–H groups in total. The fraction of sp³-hybridized carbons (Fsp3) is 0.632. The molecular formula is C19H30N4O. The van der Waals surface area contributed by atoms with Crippen LogP contribution < -0.4 is 10.6 Å². The fourth-order valence-corrected chi connectivity index (χ4v) is 2.80. The molecule has 1 aromatic rings. The Morgan fingerprint density at radius 2 is 2.08 bits per heavy atom. The van der Waals surface area contributed by atoms with Crippen molar-refractivity contribution in [2.75, 3.05) is 18.4 Å². The van der Waals surface area contributed by atoms with Gasteiger partial charge in [0.25, 0.3) is 5.91 Å². The summed E-state index contributed by atoms with van der Waals surface area (Å²) in [6.45, 7) is 7.73. The van der Waals surface area contributed by atoms with Crippen molar-refractivity contribution in [3.63, 3.8) is 0 Å². The molecule has 24 heavy (non-hydrogen) atoms. The zero-order valence-electron chi connectivity index (χ0n) is 15.2. The molecule has 0 aromatic carbocycles. The van der Waals surface area contributed by atoms with E-state index in [0.29, 0.717) is 24.1 Å². The highest BCUT2D eigenvalue weighted by Gasteiger charge is 2.11. The number of aromatic nitrogens is 2. The van der Waals surface area contributed by atoms with Gasteiger partial charge in [0.2, 0.25) is 5.95 Å². The average Bonchev–Trinajstić information content (AvgIpc) is 2.55. The molecule has 5 nitrogen and oxygen atoms in total. The minimum absolute atomic E-state index is 0.121. The van der Waals surface area contributed by atoms with E-state index in [4.69, 9.17) is 0 Å². The highest BCUT2D eigenvalue weighted by molar-refractivity contribution is 5.92. The Kier molecular flexibility index (Phi) is 7.22. The minimum Gasteiger partial charge on any atom is -0.354 e. The van der Waals surface area contributed by atoms with Crippen molar-refractivity contribution in [3.05, 3.63) is 29.1 Å². The Hall–Kier alpha value is -1.91. The largest absolute Gasteiger partial charge is 0.354 e. The van der Waals surface area contributed by atoms with Crippen molar-refractivity contribution in [2.24, 2.45) is 5.92 Å². The number of nitrogens with zero attached hydrogens (tertiary/aromatic N) is 2. The topological polar surface area (TPSA) is 66.9 Å². The molecule has 0 spiro atoms. The third kappa shape index (κ3) is 6.30. The number of nitrogens with one attached hydrogen (secondary N) is 2. The van der Waals surface area contributed by atoms with Gasteiger partial charge in [0.1, 0.15) is 5.69 Å². The molecule has 1 aromatic heterocycles. The average molecular weight is 330 g/mol. The van der Waals surface area contributed by atoms with Gasteiger partial charge in [-0.2, -0.15) is 0 Å². The smallest absolute Gasteiger partial charge is 0.270 e. The van der Waals surface area contributed by atoms with E-state index in [2.05, 4.69) is 40.5 Å². The summed E-state index contributed by atoms with van der Waals surface area (Å²) in [5.41, 5.74) is 2.71. The van der Waals surface area contributed by atoms with Crippen LogP contribution in [0.1, 0.15) is 68.6 Å². The van der Waals surface area contributed by atoms with Crippen LogP contribution in [0.25, 0.3) is 0 Å². The van der Waals surface area contributed by atoms with Crippen molar-refractivity contribution in [3.8, 4) is 0 Å². The van der Waals surface area contributed by atoms with Gasteiger partial charge in [0.15, 0.2) is 0 Å². The SMILES string of the molecule is Cc1cc(C(=O)NCCC2=CCCCC2)nc(NCCC(C)C)n1. The summed E-state index contributed by atoms with van der Waals surface area (Å²) >= 11 is 0. The van der Waals surface area contributed by atoms with Gasteiger partial charge in [-0.1, -0.05) is 25.5 Å². The zero-order valence-corrected chi connectivity index (χ0v) is 15.2. The first kappa shape index (κ1) is 18.4. The molecule has 0 bridgehead atoms. The van der Waals surface area contributed by atoms with E-state index in [-0.39, 0.29) is 5.91 Å². The van der Waals surface area contributed by atoms with E-state index in [1.807, 2.05) is 6.92 Å². The van der Waals surface area contributed by atoms with E-state index < -0.39 is 0 Å². The second kappa shape index (κ2) is 9.40. The van der Waals surface area contributed by atoms with Gasteiger partial charge in [0, 0.05) is 18.8 Å². The van der Waals surface area contributed by atoms with Crippen LogP contribution in [0.4, 0.5) is 5.95 Å². The molecule has 132 valence electrons. The second-order valence-electron chi connectivity index (χ2n) is 6.94. The van der Waals surface area contributed by atoms with Gasteiger partial charge >= 0.3 is 0 Å². The van der Waals surface area contributed by atoms with Gasteiger partial charge in [0.05, 0.1) is 0 Å². The normalized spacial score (nSPS) is 14.4.